The summed E-state index contributed by atoms with van der Waals surface area (Å²) in [5.74, 6) is -0.720. The van der Waals surface area contributed by atoms with E-state index >= 15 is 0 Å². The fourth-order valence-corrected chi connectivity index (χ4v) is 4.00. The molecular weight excluding hydrogens is 510 g/mol. The van der Waals surface area contributed by atoms with Gasteiger partial charge in [-0.15, -0.1) is 0 Å². The maximum Gasteiger partial charge on any atom is 0.330 e. The number of anilines is 1. The molecule has 1 N–H and O–H groups in total. The molecule has 0 radical (unpaired) electrons. The Hall–Kier alpha value is -3.13. The molecule has 1 heterocycles. The van der Waals surface area contributed by atoms with Crippen molar-refractivity contribution in [3.63, 3.8) is 0 Å². The number of benzene rings is 2. The van der Waals surface area contributed by atoms with E-state index in [0.29, 0.717) is 17.0 Å². The molecule has 35 heavy (non-hydrogen) atoms. The number of Topliss-reactive ketones (excluding diaryl/α,β-unsaturated/α-hetero) is 1. The molecule has 7 nitrogen and oxygen atoms in total. The maximum absolute atomic E-state index is 14.1. The van der Waals surface area contributed by atoms with Gasteiger partial charge in [-0.1, -0.05) is 28.1 Å². The van der Waals surface area contributed by atoms with Crippen LogP contribution in [0.5, 0.6) is 5.75 Å². The zero-order chi connectivity index (χ0) is 25.8. The summed E-state index contributed by atoms with van der Waals surface area (Å²) in [4.78, 5) is 32.0. The largest absolute Gasteiger partial charge is 0.497 e. The Morgan fingerprint density at radius 2 is 1.66 bits per heavy atom. The Morgan fingerprint density at radius 3 is 2.20 bits per heavy atom. The smallest absolute Gasteiger partial charge is 0.330 e. The van der Waals surface area contributed by atoms with Crippen molar-refractivity contribution in [2.24, 2.45) is 0 Å². The second kappa shape index (κ2) is 11.1. The van der Waals surface area contributed by atoms with Gasteiger partial charge in [0.1, 0.15) is 17.4 Å². The quantitative estimate of drug-likeness (QED) is 0.263. The van der Waals surface area contributed by atoms with Gasteiger partial charge in [0.05, 0.1) is 13.0 Å². The van der Waals surface area contributed by atoms with Crippen molar-refractivity contribution in [3.8, 4) is 5.75 Å². The van der Waals surface area contributed by atoms with Crippen molar-refractivity contribution in [2.75, 3.05) is 12.4 Å². The van der Waals surface area contributed by atoms with Gasteiger partial charge in [0, 0.05) is 28.6 Å². The van der Waals surface area contributed by atoms with Crippen molar-refractivity contribution < 1.29 is 19.1 Å². The van der Waals surface area contributed by atoms with E-state index in [1.165, 1.54) is 0 Å². The first kappa shape index (κ1) is 26.5. The highest BCUT2D eigenvalue weighted by Crippen LogP contribution is 2.31. The Morgan fingerprint density at radius 1 is 1.03 bits per heavy atom. The molecule has 0 saturated carbocycles. The summed E-state index contributed by atoms with van der Waals surface area (Å²) < 4.78 is 13.7. The van der Waals surface area contributed by atoms with Gasteiger partial charge in [0.15, 0.2) is 5.82 Å². The Balaban J connectivity index is 2.13. The molecule has 2 atom stereocenters. The van der Waals surface area contributed by atoms with Crippen LogP contribution in [0.25, 0.3) is 0 Å². The summed E-state index contributed by atoms with van der Waals surface area (Å²) in [6.07, 6.45) is 3.38. The van der Waals surface area contributed by atoms with Gasteiger partial charge in [-0.05, 0) is 76.6 Å². The number of ether oxygens (including phenoxy) is 2. The minimum Gasteiger partial charge on any atom is -0.497 e. The average Bonchev–Trinajstić information content (AvgIpc) is 3.29. The number of carbonyl (C=O) groups is 2. The van der Waals surface area contributed by atoms with E-state index in [1.807, 2.05) is 42.7 Å². The minimum atomic E-state index is -1.01. The third-order valence-corrected chi connectivity index (χ3v) is 5.89. The van der Waals surface area contributed by atoms with Crippen LogP contribution < -0.4 is 10.1 Å². The summed E-state index contributed by atoms with van der Waals surface area (Å²) in [5.41, 5.74) is 0.595. The minimum absolute atomic E-state index is 0.0246. The number of hydrogen-bond donors (Lipinski definition) is 1. The molecule has 0 amide bonds. The molecule has 8 heteroatoms. The van der Waals surface area contributed by atoms with Crippen LogP contribution >= 0.6 is 15.9 Å². The monoisotopic (exact) mass is 541 g/mol. The number of carbonyl (C=O) groups excluding carboxylic acids is 2. The van der Waals surface area contributed by atoms with Crippen LogP contribution in [0, 0.1) is 0 Å². The van der Waals surface area contributed by atoms with Crippen LogP contribution in [0.1, 0.15) is 62.8 Å². The SMILES string of the molecule is COc1ccc(N[C@H](C(=O)OC(C)(C)C)[C@@H](C(=O)c2nccn2C(C)C)c2ccc(Br)cc2)cc1. The Labute approximate surface area is 215 Å². The Kier molecular flexibility index (Phi) is 8.38. The van der Waals surface area contributed by atoms with E-state index < -0.39 is 23.5 Å². The van der Waals surface area contributed by atoms with Crippen LogP contribution in [-0.2, 0) is 9.53 Å². The maximum atomic E-state index is 14.1. The third-order valence-electron chi connectivity index (χ3n) is 5.36. The van der Waals surface area contributed by atoms with Gasteiger partial charge in [0.25, 0.3) is 0 Å². The summed E-state index contributed by atoms with van der Waals surface area (Å²) >= 11 is 3.45. The van der Waals surface area contributed by atoms with Crippen molar-refractivity contribution in [2.45, 2.75) is 58.2 Å². The highest BCUT2D eigenvalue weighted by Gasteiger charge is 2.40. The lowest BCUT2D eigenvalue weighted by molar-refractivity contribution is -0.156. The van der Waals surface area contributed by atoms with Crippen molar-refractivity contribution in [1.82, 2.24) is 9.55 Å². The van der Waals surface area contributed by atoms with Crippen LogP contribution in [-0.4, -0.2) is 40.1 Å². The van der Waals surface area contributed by atoms with E-state index in [-0.39, 0.29) is 17.6 Å². The van der Waals surface area contributed by atoms with Crippen LogP contribution in [0.3, 0.4) is 0 Å². The van der Waals surface area contributed by atoms with E-state index in [0.717, 1.165) is 4.47 Å². The van der Waals surface area contributed by atoms with Gasteiger partial charge in [-0.25, -0.2) is 9.78 Å². The van der Waals surface area contributed by atoms with E-state index in [1.54, 1.807) is 64.5 Å². The number of ketones is 1. The number of methoxy groups -OCH3 is 1. The predicted molar refractivity (Wildman–Crippen MR) is 140 cm³/mol. The normalized spacial score (nSPS) is 13.3. The van der Waals surface area contributed by atoms with E-state index in [2.05, 4.69) is 26.2 Å². The number of esters is 1. The molecule has 2 aromatic carbocycles. The number of nitrogens with zero attached hydrogens (tertiary/aromatic N) is 2. The average molecular weight is 542 g/mol. The highest BCUT2D eigenvalue weighted by molar-refractivity contribution is 9.10. The summed E-state index contributed by atoms with van der Waals surface area (Å²) in [7, 11) is 1.59. The van der Waals surface area contributed by atoms with Gasteiger partial charge >= 0.3 is 5.97 Å². The fourth-order valence-electron chi connectivity index (χ4n) is 3.74. The van der Waals surface area contributed by atoms with Gasteiger partial charge < -0.3 is 19.4 Å². The van der Waals surface area contributed by atoms with Crippen molar-refractivity contribution in [3.05, 3.63) is 76.8 Å². The first-order chi connectivity index (χ1) is 16.5. The number of halogens is 1. The summed E-state index contributed by atoms with van der Waals surface area (Å²) in [6.45, 7) is 9.37. The van der Waals surface area contributed by atoms with Crippen LogP contribution in [0.15, 0.2) is 65.4 Å². The number of rotatable bonds is 9. The van der Waals surface area contributed by atoms with Crippen molar-refractivity contribution in [1.29, 1.82) is 0 Å². The lowest BCUT2D eigenvalue weighted by Gasteiger charge is -2.30. The molecule has 0 bridgehead atoms. The molecule has 0 aliphatic carbocycles. The van der Waals surface area contributed by atoms with Crippen LogP contribution in [0.2, 0.25) is 0 Å². The van der Waals surface area contributed by atoms with Gasteiger partial charge in [-0.2, -0.15) is 0 Å². The summed E-state index contributed by atoms with van der Waals surface area (Å²) in [6, 6.07) is 13.6. The molecule has 0 aliphatic heterocycles. The number of hydrogen-bond acceptors (Lipinski definition) is 6. The standard InChI is InChI=1S/C27H32BrN3O4/c1-17(2)31-16-15-29-25(31)24(32)22(18-7-9-19(28)10-8-18)23(26(33)35-27(3,4)5)30-20-11-13-21(34-6)14-12-20/h7-17,22-23,30H,1-6H3/t22-,23-/m0/s1. The zero-order valence-corrected chi connectivity index (χ0v) is 22.5. The lowest BCUT2D eigenvalue weighted by Crippen LogP contribution is -2.44. The second-order valence-corrected chi connectivity index (χ2v) is 10.4. The van der Waals surface area contributed by atoms with Crippen LogP contribution in [0.4, 0.5) is 5.69 Å². The fraction of sp³-hybridized carbons (Fsp3) is 0.370. The van der Waals surface area contributed by atoms with E-state index in [4.69, 9.17) is 9.47 Å². The van der Waals surface area contributed by atoms with Gasteiger partial charge in [0.2, 0.25) is 5.78 Å². The van der Waals surface area contributed by atoms with E-state index in [9.17, 15) is 9.59 Å². The summed E-state index contributed by atoms with van der Waals surface area (Å²) in [5, 5.41) is 3.26. The number of aromatic nitrogens is 2. The third kappa shape index (κ3) is 6.72. The molecule has 0 aliphatic rings. The molecule has 0 spiro atoms. The van der Waals surface area contributed by atoms with Crippen molar-refractivity contribution >= 4 is 33.4 Å². The second-order valence-electron chi connectivity index (χ2n) is 9.53. The molecule has 1 aromatic heterocycles. The number of imidazole rings is 1. The predicted octanol–water partition coefficient (Wildman–Crippen LogP) is 6.02. The van der Waals surface area contributed by atoms with Gasteiger partial charge in [-0.3, -0.25) is 4.79 Å². The first-order valence-electron chi connectivity index (χ1n) is 11.5. The molecule has 3 rings (SSSR count). The molecule has 0 unspecified atom stereocenters. The molecule has 0 saturated heterocycles. The molecular formula is C27H32BrN3O4. The zero-order valence-electron chi connectivity index (χ0n) is 20.9. The molecule has 186 valence electrons. The highest BCUT2D eigenvalue weighted by atomic mass is 79.9. The molecule has 3 aromatic rings. The number of nitrogens with one attached hydrogen (secondary N) is 1. The topological polar surface area (TPSA) is 82.4 Å². The lowest BCUT2D eigenvalue weighted by atomic mass is 9.86. The molecule has 0 fully saturated rings. The first-order valence-corrected chi connectivity index (χ1v) is 12.3. The Bertz CT molecular complexity index is 1150.